The zero-order valence-electron chi connectivity index (χ0n) is 12.8. The molecule has 1 aliphatic carbocycles. The highest BCUT2D eigenvalue weighted by atomic mass is 32.2. The molecule has 0 unspecified atom stereocenters. The Morgan fingerprint density at radius 1 is 1.43 bits per heavy atom. The first kappa shape index (κ1) is 16.5. The van der Waals surface area contributed by atoms with Crippen molar-refractivity contribution < 1.29 is 17.6 Å². The van der Waals surface area contributed by atoms with Crippen LogP contribution in [0.15, 0.2) is 21.6 Å². The second-order valence-corrected chi connectivity index (χ2v) is 7.42. The summed E-state index contributed by atoms with van der Waals surface area (Å²) in [5.74, 6) is 0.629. The van der Waals surface area contributed by atoms with Crippen LogP contribution in [0, 0.1) is 0 Å². The average molecular weight is 316 g/mol. The number of sulfonamides is 1. The van der Waals surface area contributed by atoms with E-state index in [1.165, 1.54) is 10.4 Å². The average Bonchev–Trinajstić information content (AvgIpc) is 3.13. The molecule has 2 rings (SSSR count). The van der Waals surface area contributed by atoms with Gasteiger partial charge in [-0.15, -0.1) is 0 Å². The molecule has 1 aromatic heterocycles. The number of methoxy groups -OCH3 is 1. The number of hydrogen-bond donors (Lipinski definition) is 1. The highest BCUT2D eigenvalue weighted by molar-refractivity contribution is 7.89. The minimum Gasteiger partial charge on any atom is -0.447 e. The lowest BCUT2D eigenvalue weighted by Crippen LogP contribution is -2.35. The summed E-state index contributed by atoms with van der Waals surface area (Å²) in [7, 11) is -2.00. The van der Waals surface area contributed by atoms with Gasteiger partial charge < -0.3 is 14.5 Å². The van der Waals surface area contributed by atoms with Crippen LogP contribution in [0.4, 0.5) is 0 Å². The van der Waals surface area contributed by atoms with E-state index >= 15 is 0 Å². The molecule has 0 amide bonds. The predicted octanol–water partition coefficient (Wildman–Crippen LogP) is 1.58. The summed E-state index contributed by atoms with van der Waals surface area (Å²) < 4.78 is 37.3. The van der Waals surface area contributed by atoms with Crippen molar-refractivity contribution in [1.82, 2.24) is 9.62 Å². The van der Waals surface area contributed by atoms with Crippen LogP contribution in [0.5, 0.6) is 0 Å². The Kier molecular flexibility index (Phi) is 5.43. The molecule has 6 nitrogen and oxygen atoms in total. The van der Waals surface area contributed by atoms with E-state index in [0.717, 1.165) is 12.8 Å². The van der Waals surface area contributed by atoms with E-state index in [-0.39, 0.29) is 11.1 Å². The fraction of sp³-hybridized carbons (Fsp3) is 0.714. The monoisotopic (exact) mass is 316 g/mol. The lowest BCUT2D eigenvalue weighted by atomic mass is 10.3. The Labute approximate surface area is 126 Å². The summed E-state index contributed by atoms with van der Waals surface area (Å²) in [5, 5.41) is 3.22. The molecule has 0 bridgehead atoms. The molecule has 1 fully saturated rings. The maximum absolute atomic E-state index is 12.6. The number of hydrogen-bond acceptors (Lipinski definition) is 5. The lowest BCUT2D eigenvalue weighted by Gasteiger charge is -2.19. The van der Waals surface area contributed by atoms with Gasteiger partial charge in [-0.2, -0.15) is 4.31 Å². The third kappa shape index (κ3) is 4.29. The van der Waals surface area contributed by atoms with Crippen molar-refractivity contribution in [3.63, 3.8) is 0 Å². The van der Waals surface area contributed by atoms with E-state index < -0.39 is 10.0 Å². The van der Waals surface area contributed by atoms with Gasteiger partial charge in [0.15, 0.2) is 0 Å². The summed E-state index contributed by atoms with van der Waals surface area (Å²) in [5.41, 5.74) is 0. The number of nitrogens with zero attached hydrogens (tertiary/aromatic N) is 1. The van der Waals surface area contributed by atoms with Crippen molar-refractivity contribution in [2.45, 2.75) is 50.4 Å². The van der Waals surface area contributed by atoms with E-state index in [0.29, 0.717) is 31.5 Å². The molecule has 0 aliphatic heterocycles. The molecular formula is C14H24N2O4S. The molecule has 1 aliphatic rings. The molecule has 21 heavy (non-hydrogen) atoms. The topological polar surface area (TPSA) is 71.8 Å². The summed E-state index contributed by atoms with van der Waals surface area (Å²) in [6.45, 7) is 5.33. The van der Waals surface area contributed by atoms with Gasteiger partial charge in [-0.05, 0) is 25.0 Å². The first-order valence-corrected chi connectivity index (χ1v) is 8.72. The maximum atomic E-state index is 12.6. The van der Waals surface area contributed by atoms with Crippen LogP contribution in [-0.2, 0) is 21.3 Å². The SMILES string of the molecule is COCCN(C1CC1)S(=O)(=O)c1ccc(CNC(C)C)o1. The second kappa shape index (κ2) is 6.91. The molecule has 1 N–H and O–H groups in total. The van der Waals surface area contributed by atoms with E-state index in [9.17, 15) is 8.42 Å². The highest BCUT2D eigenvalue weighted by Gasteiger charge is 2.39. The molecule has 1 aromatic rings. The third-order valence-electron chi connectivity index (χ3n) is 3.35. The van der Waals surface area contributed by atoms with Gasteiger partial charge in [0.25, 0.3) is 10.0 Å². The van der Waals surface area contributed by atoms with Crippen molar-refractivity contribution in [3.8, 4) is 0 Å². The minimum atomic E-state index is -3.57. The summed E-state index contributed by atoms with van der Waals surface area (Å²) in [4.78, 5) is 0. The van der Waals surface area contributed by atoms with Gasteiger partial charge in [-0.1, -0.05) is 13.8 Å². The van der Waals surface area contributed by atoms with Crippen LogP contribution in [0.25, 0.3) is 0 Å². The zero-order chi connectivity index (χ0) is 15.5. The zero-order valence-corrected chi connectivity index (χ0v) is 13.6. The third-order valence-corrected chi connectivity index (χ3v) is 5.18. The molecule has 0 aromatic carbocycles. The smallest absolute Gasteiger partial charge is 0.276 e. The van der Waals surface area contributed by atoms with Gasteiger partial charge in [0.05, 0.1) is 13.2 Å². The lowest BCUT2D eigenvalue weighted by molar-refractivity contribution is 0.176. The Bertz CT molecular complexity index is 549. The van der Waals surface area contributed by atoms with Crippen LogP contribution in [0.3, 0.4) is 0 Å². The van der Waals surface area contributed by atoms with Gasteiger partial charge in [0, 0.05) is 25.7 Å². The van der Waals surface area contributed by atoms with Gasteiger partial charge in [0.2, 0.25) is 5.09 Å². The predicted molar refractivity (Wildman–Crippen MR) is 79.5 cm³/mol. The van der Waals surface area contributed by atoms with Gasteiger partial charge in [-0.3, -0.25) is 0 Å². The van der Waals surface area contributed by atoms with Crippen LogP contribution < -0.4 is 5.32 Å². The molecule has 1 saturated carbocycles. The Morgan fingerprint density at radius 3 is 2.71 bits per heavy atom. The summed E-state index contributed by atoms with van der Waals surface area (Å²) in [6, 6.07) is 3.66. The second-order valence-electron chi connectivity index (χ2n) is 5.60. The van der Waals surface area contributed by atoms with Crippen LogP contribution >= 0.6 is 0 Å². The van der Waals surface area contributed by atoms with Crippen LogP contribution in [-0.4, -0.2) is 45.1 Å². The van der Waals surface area contributed by atoms with Crippen molar-refractivity contribution in [3.05, 3.63) is 17.9 Å². The van der Waals surface area contributed by atoms with E-state index in [1.807, 2.05) is 13.8 Å². The fourth-order valence-corrected chi connectivity index (χ4v) is 3.66. The van der Waals surface area contributed by atoms with E-state index in [2.05, 4.69) is 5.32 Å². The maximum Gasteiger partial charge on any atom is 0.276 e. The standard InChI is InChI=1S/C14H24N2O4S/c1-11(2)15-10-13-6-7-14(20-13)21(17,18)16(8-9-19-3)12-4-5-12/h6-7,11-12,15H,4-5,8-10H2,1-3H3. The molecule has 0 atom stereocenters. The van der Waals surface area contributed by atoms with E-state index in [1.54, 1.807) is 13.2 Å². The van der Waals surface area contributed by atoms with Gasteiger partial charge >= 0.3 is 0 Å². The Morgan fingerprint density at radius 2 is 2.14 bits per heavy atom. The molecule has 1 heterocycles. The number of ether oxygens (including phenoxy) is 1. The van der Waals surface area contributed by atoms with Crippen molar-refractivity contribution >= 4 is 10.0 Å². The van der Waals surface area contributed by atoms with Crippen molar-refractivity contribution in [1.29, 1.82) is 0 Å². The quantitative estimate of drug-likeness (QED) is 0.749. The fourth-order valence-electron chi connectivity index (χ4n) is 2.05. The molecular weight excluding hydrogens is 292 g/mol. The van der Waals surface area contributed by atoms with E-state index in [4.69, 9.17) is 9.15 Å². The highest BCUT2D eigenvalue weighted by Crippen LogP contribution is 2.32. The van der Waals surface area contributed by atoms with Crippen molar-refractivity contribution in [2.24, 2.45) is 0 Å². The van der Waals surface area contributed by atoms with Crippen LogP contribution in [0.2, 0.25) is 0 Å². The summed E-state index contributed by atoms with van der Waals surface area (Å²) in [6.07, 6.45) is 1.82. The van der Waals surface area contributed by atoms with Gasteiger partial charge in [-0.25, -0.2) is 8.42 Å². The first-order chi connectivity index (χ1) is 9.95. The first-order valence-electron chi connectivity index (χ1n) is 7.28. The van der Waals surface area contributed by atoms with Crippen molar-refractivity contribution in [2.75, 3.05) is 20.3 Å². The Hall–Kier alpha value is -0.890. The molecule has 120 valence electrons. The molecule has 7 heteroatoms. The molecule has 0 radical (unpaired) electrons. The van der Waals surface area contributed by atoms with Crippen LogP contribution in [0.1, 0.15) is 32.4 Å². The molecule has 0 spiro atoms. The normalized spacial score (nSPS) is 16.0. The number of furan rings is 1. The largest absolute Gasteiger partial charge is 0.447 e. The minimum absolute atomic E-state index is 0.0195. The Balaban J connectivity index is 2.10. The number of nitrogens with one attached hydrogen (secondary N) is 1. The molecule has 0 saturated heterocycles. The van der Waals surface area contributed by atoms with Gasteiger partial charge in [0.1, 0.15) is 5.76 Å². The number of rotatable bonds is 9. The summed E-state index contributed by atoms with van der Waals surface area (Å²) >= 11 is 0.